The maximum Gasteiger partial charge on any atom is 0.260 e. The summed E-state index contributed by atoms with van der Waals surface area (Å²) in [6, 6.07) is 11.0. The molecule has 0 atom stereocenters. The van der Waals surface area contributed by atoms with Gasteiger partial charge in [-0.05, 0) is 31.2 Å². The van der Waals surface area contributed by atoms with E-state index >= 15 is 0 Å². The zero-order valence-electron chi connectivity index (χ0n) is 22.8. The second kappa shape index (κ2) is 19.7. The zero-order valence-corrected chi connectivity index (χ0v) is 22.8. The molecule has 0 aliphatic carbocycles. The third-order valence-corrected chi connectivity index (χ3v) is 7.30. The predicted molar refractivity (Wildman–Crippen MR) is 148 cm³/mol. The Morgan fingerprint density at radius 3 is 1.65 bits per heavy atom. The van der Waals surface area contributed by atoms with Crippen molar-refractivity contribution < 1.29 is 4.57 Å². The summed E-state index contributed by atoms with van der Waals surface area (Å²) in [6.07, 6.45) is 30.9. The maximum atomic E-state index is 2.54. The summed E-state index contributed by atoms with van der Waals surface area (Å²) in [5, 5.41) is 0. The van der Waals surface area contributed by atoms with Gasteiger partial charge in [-0.25, -0.2) is 9.13 Å². The summed E-state index contributed by atoms with van der Waals surface area (Å²) in [6.45, 7) is 6.93. The molecule has 0 fully saturated rings. The highest BCUT2D eigenvalue weighted by Gasteiger charge is 2.17. The van der Waals surface area contributed by atoms with Crippen LogP contribution in [0.15, 0.2) is 42.7 Å². The van der Waals surface area contributed by atoms with Gasteiger partial charge in [0, 0.05) is 0 Å². The molecule has 0 saturated carbocycles. The Balaban J connectivity index is 1.66. The number of benzene rings is 1. The molecule has 0 unspecified atom stereocenters. The summed E-state index contributed by atoms with van der Waals surface area (Å²) in [5.74, 6) is 1.49. The van der Waals surface area contributed by atoms with Crippen LogP contribution in [-0.4, -0.2) is 4.57 Å². The topological polar surface area (TPSA) is 8.81 Å². The molecule has 0 aliphatic rings. The lowest BCUT2D eigenvalue weighted by molar-refractivity contribution is -0.703. The van der Waals surface area contributed by atoms with Crippen molar-refractivity contribution >= 4 is 0 Å². The molecule has 2 aromatic rings. The van der Waals surface area contributed by atoms with E-state index in [9.17, 15) is 0 Å². The van der Waals surface area contributed by atoms with Crippen LogP contribution in [0.3, 0.4) is 0 Å². The lowest BCUT2D eigenvalue weighted by Gasteiger charge is -2.07. The lowest BCUT2D eigenvalue weighted by atomic mass is 10.0. The molecule has 1 aromatic heterocycles. The van der Waals surface area contributed by atoms with Crippen molar-refractivity contribution in [3.8, 4) is 0 Å². The van der Waals surface area contributed by atoms with E-state index in [0.29, 0.717) is 0 Å². The van der Waals surface area contributed by atoms with Crippen LogP contribution in [0.1, 0.15) is 141 Å². The van der Waals surface area contributed by atoms with Crippen LogP contribution < -0.4 is 4.57 Å². The maximum absolute atomic E-state index is 2.54. The van der Waals surface area contributed by atoms with E-state index in [1.54, 1.807) is 0 Å². The molecule has 34 heavy (non-hydrogen) atoms. The molecule has 0 aliphatic heterocycles. The van der Waals surface area contributed by atoms with Gasteiger partial charge < -0.3 is 0 Å². The first-order valence-electron chi connectivity index (χ1n) is 15.0. The fourth-order valence-corrected chi connectivity index (χ4v) is 5.07. The number of hydrogen-bond acceptors (Lipinski definition) is 0. The normalized spacial score (nSPS) is 11.4. The van der Waals surface area contributed by atoms with Crippen molar-refractivity contribution in [2.24, 2.45) is 0 Å². The van der Waals surface area contributed by atoms with E-state index in [2.05, 4.69) is 65.7 Å². The number of aromatic nitrogens is 2. The average molecular weight is 468 g/mol. The van der Waals surface area contributed by atoms with Crippen molar-refractivity contribution in [1.29, 1.82) is 0 Å². The number of imidazole rings is 1. The second-order valence-electron chi connectivity index (χ2n) is 10.4. The second-order valence-corrected chi connectivity index (χ2v) is 10.4. The van der Waals surface area contributed by atoms with E-state index in [-0.39, 0.29) is 0 Å². The summed E-state index contributed by atoms with van der Waals surface area (Å²) in [7, 11) is 0. The van der Waals surface area contributed by atoms with E-state index in [0.717, 1.165) is 13.0 Å². The Hall–Kier alpha value is -1.57. The largest absolute Gasteiger partial charge is 0.260 e. The van der Waals surface area contributed by atoms with Crippen LogP contribution in [0.5, 0.6) is 0 Å². The summed E-state index contributed by atoms with van der Waals surface area (Å²) in [5.41, 5.74) is 1.42. The van der Waals surface area contributed by atoms with Crippen molar-refractivity contribution in [2.75, 3.05) is 0 Å². The van der Waals surface area contributed by atoms with Crippen molar-refractivity contribution in [3.63, 3.8) is 0 Å². The highest BCUT2D eigenvalue weighted by molar-refractivity contribution is 5.18. The molecular weight excluding hydrogens is 412 g/mol. The van der Waals surface area contributed by atoms with Crippen LogP contribution in [0, 0.1) is 0 Å². The van der Waals surface area contributed by atoms with E-state index in [1.807, 2.05) is 0 Å². The summed E-state index contributed by atoms with van der Waals surface area (Å²) >= 11 is 0. The Labute approximate surface area is 212 Å². The standard InChI is InChI=1S/C32H55N2/c1-3-5-7-9-10-11-12-13-14-15-16-18-23-27-34-29-28-33(26-22-17-8-6-4-2)32(34)30-31-24-20-19-21-25-31/h19-21,24-25,28-29H,3-18,22-23,26-27,30H2,1-2H3/q+1. The zero-order chi connectivity index (χ0) is 24.1. The highest BCUT2D eigenvalue weighted by atomic mass is 15.1. The van der Waals surface area contributed by atoms with E-state index in [4.69, 9.17) is 0 Å². The van der Waals surface area contributed by atoms with Gasteiger partial charge in [0.05, 0.1) is 19.5 Å². The van der Waals surface area contributed by atoms with Crippen LogP contribution in [0.25, 0.3) is 0 Å². The number of rotatable bonds is 22. The summed E-state index contributed by atoms with van der Waals surface area (Å²) < 4.78 is 5.07. The Bertz CT molecular complexity index is 703. The van der Waals surface area contributed by atoms with Gasteiger partial charge in [0.25, 0.3) is 5.82 Å². The molecule has 0 radical (unpaired) electrons. The molecule has 2 nitrogen and oxygen atoms in total. The first kappa shape index (κ1) is 28.7. The van der Waals surface area contributed by atoms with Gasteiger partial charge in [-0.1, -0.05) is 134 Å². The Morgan fingerprint density at radius 1 is 0.588 bits per heavy atom. The Morgan fingerprint density at radius 2 is 1.09 bits per heavy atom. The van der Waals surface area contributed by atoms with Gasteiger partial charge in [-0.2, -0.15) is 0 Å². The van der Waals surface area contributed by atoms with Crippen LogP contribution in [0.2, 0.25) is 0 Å². The molecule has 0 amide bonds. The quantitative estimate of drug-likeness (QED) is 0.120. The number of aryl methyl sites for hydroxylation is 2. The third kappa shape index (κ3) is 12.8. The van der Waals surface area contributed by atoms with Gasteiger partial charge in [0.1, 0.15) is 12.4 Å². The molecule has 1 heterocycles. The molecule has 0 saturated heterocycles. The minimum absolute atomic E-state index is 1.04. The van der Waals surface area contributed by atoms with Gasteiger partial charge in [-0.3, -0.25) is 0 Å². The van der Waals surface area contributed by atoms with Gasteiger partial charge in [-0.15, -0.1) is 0 Å². The fraction of sp³-hybridized carbons (Fsp3) is 0.719. The molecule has 2 rings (SSSR count). The van der Waals surface area contributed by atoms with Gasteiger partial charge in [0.2, 0.25) is 0 Å². The minimum Gasteiger partial charge on any atom is -0.234 e. The third-order valence-electron chi connectivity index (χ3n) is 7.30. The predicted octanol–water partition coefficient (Wildman–Crippen LogP) is 9.43. The molecular formula is C32H55N2+. The molecule has 0 spiro atoms. The SMILES string of the molecule is CCCCCCCCCCCCCCCn1cc[n+](CCCCCCC)c1Cc1ccccc1. The molecule has 192 valence electrons. The smallest absolute Gasteiger partial charge is 0.234 e. The molecule has 1 aromatic carbocycles. The van der Waals surface area contributed by atoms with Gasteiger partial charge in [0.15, 0.2) is 0 Å². The number of unbranched alkanes of at least 4 members (excludes halogenated alkanes) is 16. The average Bonchev–Trinajstić information content (AvgIpc) is 3.23. The van der Waals surface area contributed by atoms with Crippen molar-refractivity contribution in [2.45, 2.75) is 149 Å². The highest BCUT2D eigenvalue weighted by Crippen LogP contribution is 2.14. The van der Waals surface area contributed by atoms with Gasteiger partial charge >= 0.3 is 0 Å². The van der Waals surface area contributed by atoms with E-state index < -0.39 is 0 Å². The van der Waals surface area contributed by atoms with Crippen LogP contribution in [-0.2, 0) is 19.5 Å². The van der Waals surface area contributed by atoms with Crippen LogP contribution >= 0.6 is 0 Å². The van der Waals surface area contributed by atoms with Crippen molar-refractivity contribution in [3.05, 3.63) is 54.1 Å². The monoisotopic (exact) mass is 467 g/mol. The molecule has 0 bridgehead atoms. The molecule has 2 heteroatoms. The van der Waals surface area contributed by atoms with Crippen molar-refractivity contribution in [1.82, 2.24) is 4.57 Å². The Kier molecular flexibility index (Phi) is 16.6. The minimum atomic E-state index is 1.04. The van der Waals surface area contributed by atoms with E-state index in [1.165, 1.54) is 134 Å². The molecule has 0 N–H and O–H groups in total. The summed E-state index contributed by atoms with van der Waals surface area (Å²) in [4.78, 5) is 0. The van der Waals surface area contributed by atoms with Crippen LogP contribution in [0.4, 0.5) is 0 Å². The first-order chi connectivity index (χ1) is 16.8. The number of nitrogens with zero attached hydrogens (tertiary/aromatic N) is 2. The first-order valence-corrected chi connectivity index (χ1v) is 15.0. The lowest BCUT2D eigenvalue weighted by Crippen LogP contribution is -2.37. The number of hydrogen-bond donors (Lipinski definition) is 0. The fourth-order valence-electron chi connectivity index (χ4n) is 5.07.